The first-order valence-electron chi connectivity index (χ1n) is 8.12. The molecule has 2 aromatic rings. The smallest absolute Gasteiger partial charge is 0.191 e. The quantitative estimate of drug-likeness (QED) is 0.397. The highest BCUT2D eigenvalue weighted by molar-refractivity contribution is 14.0. The first-order chi connectivity index (χ1) is 11.8. The Hall–Kier alpha value is -1.46. The minimum Gasteiger partial charge on any atom is -0.381 e. The van der Waals surface area contributed by atoms with E-state index in [0.717, 1.165) is 37.5 Å². The van der Waals surface area contributed by atoms with Crippen molar-refractivity contribution in [1.82, 2.24) is 25.2 Å². The predicted molar refractivity (Wildman–Crippen MR) is 106 cm³/mol. The lowest BCUT2D eigenvalue weighted by Crippen LogP contribution is -2.50. The Bertz CT molecular complexity index is 699. The lowest BCUT2D eigenvalue weighted by Gasteiger charge is -2.36. The number of nitrogens with one attached hydrogen (secondary N) is 2. The van der Waals surface area contributed by atoms with Crippen molar-refractivity contribution in [1.29, 1.82) is 0 Å². The van der Waals surface area contributed by atoms with Crippen LogP contribution in [0.15, 0.2) is 29.4 Å². The van der Waals surface area contributed by atoms with Crippen molar-refractivity contribution in [2.75, 3.05) is 33.9 Å². The van der Waals surface area contributed by atoms with Crippen LogP contribution < -0.4 is 10.6 Å². The molecule has 2 aromatic heterocycles. The third kappa shape index (κ3) is 4.79. The summed E-state index contributed by atoms with van der Waals surface area (Å²) in [4.78, 5) is 4.27. The minimum atomic E-state index is -0.197. The lowest BCUT2D eigenvalue weighted by molar-refractivity contribution is -0.0855. The first-order valence-corrected chi connectivity index (χ1v) is 8.12. The van der Waals surface area contributed by atoms with Crippen LogP contribution in [0.3, 0.4) is 0 Å². The van der Waals surface area contributed by atoms with Crippen molar-refractivity contribution in [2.45, 2.75) is 25.0 Å². The number of aliphatic imine (C=N–C) groups is 1. The molecule has 138 valence electrons. The third-order valence-electron chi connectivity index (χ3n) is 4.44. The fourth-order valence-electron chi connectivity index (χ4n) is 2.84. The molecule has 25 heavy (non-hydrogen) atoms. The number of hydrogen-bond acceptors (Lipinski definition) is 5. The molecule has 3 heterocycles. The van der Waals surface area contributed by atoms with Gasteiger partial charge in [-0.25, -0.2) is 0 Å². The van der Waals surface area contributed by atoms with Crippen LogP contribution in [0.5, 0.6) is 0 Å². The number of ether oxygens (including phenoxy) is 2. The second-order valence-electron chi connectivity index (χ2n) is 5.82. The fraction of sp³-hybridized carbons (Fsp3) is 0.562. The molecule has 8 nitrogen and oxygen atoms in total. The second kappa shape index (κ2) is 9.30. The number of rotatable bonds is 5. The van der Waals surface area contributed by atoms with E-state index in [2.05, 4.69) is 25.8 Å². The Balaban J connectivity index is 0.00000225. The molecule has 0 unspecified atom stereocenters. The maximum absolute atomic E-state index is 5.73. The van der Waals surface area contributed by atoms with Gasteiger partial charge in [-0.1, -0.05) is 6.07 Å². The third-order valence-corrected chi connectivity index (χ3v) is 4.44. The normalized spacial score (nSPS) is 17.1. The van der Waals surface area contributed by atoms with Crippen molar-refractivity contribution >= 4 is 35.6 Å². The van der Waals surface area contributed by atoms with Crippen LogP contribution in [0.25, 0.3) is 5.65 Å². The summed E-state index contributed by atoms with van der Waals surface area (Å²) in [5.41, 5.74) is 0.634. The molecule has 1 saturated heterocycles. The topological polar surface area (TPSA) is 85.1 Å². The number of halogens is 1. The van der Waals surface area contributed by atoms with Gasteiger partial charge in [0.25, 0.3) is 0 Å². The zero-order valence-electron chi connectivity index (χ0n) is 14.6. The van der Waals surface area contributed by atoms with Crippen LogP contribution in [-0.4, -0.2) is 60.1 Å². The van der Waals surface area contributed by atoms with Gasteiger partial charge < -0.3 is 20.1 Å². The Morgan fingerprint density at radius 3 is 2.84 bits per heavy atom. The average Bonchev–Trinajstić information content (AvgIpc) is 3.06. The molecule has 9 heteroatoms. The number of nitrogens with zero attached hydrogens (tertiary/aromatic N) is 4. The minimum absolute atomic E-state index is 0. The standard InChI is InChI=1S/C16H24N6O2.HI/c1-17-15(19-12-16(23-2)6-9-24-10-7-16)18-11-14-21-20-13-5-3-4-8-22(13)14;/h3-5,8H,6-7,9-12H2,1-2H3,(H2,17,18,19);1H. The first kappa shape index (κ1) is 19.9. The Labute approximate surface area is 164 Å². The van der Waals surface area contributed by atoms with Crippen molar-refractivity contribution in [3.05, 3.63) is 30.2 Å². The predicted octanol–water partition coefficient (Wildman–Crippen LogP) is 1.21. The van der Waals surface area contributed by atoms with Crippen LogP contribution in [0.1, 0.15) is 18.7 Å². The van der Waals surface area contributed by atoms with Crippen LogP contribution in [0, 0.1) is 0 Å². The molecule has 3 rings (SSSR count). The molecular formula is C16H25IN6O2. The van der Waals surface area contributed by atoms with E-state index in [9.17, 15) is 0 Å². The fourth-order valence-corrected chi connectivity index (χ4v) is 2.84. The van der Waals surface area contributed by atoms with Gasteiger partial charge in [0.1, 0.15) is 0 Å². The van der Waals surface area contributed by atoms with Gasteiger partial charge in [-0.2, -0.15) is 0 Å². The molecule has 2 N–H and O–H groups in total. The number of hydrogen-bond donors (Lipinski definition) is 2. The highest BCUT2D eigenvalue weighted by atomic mass is 127. The largest absolute Gasteiger partial charge is 0.381 e. The van der Waals surface area contributed by atoms with Crippen LogP contribution >= 0.6 is 24.0 Å². The van der Waals surface area contributed by atoms with E-state index in [1.54, 1.807) is 14.2 Å². The summed E-state index contributed by atoms with van der Waals surface area (Å²) in [6, 6.07) is 5.83. The lowest BCUT2D eigenvalue weighted by atomic mass is 9.94. The summed E-state index contributed by atoms with van der Waals surface area (Å²) in [6.45, 7) is 2.68. The van der Waals surface area contributed by atoms with Crippen LogP contribution in [-0.2, 0) is 16.0 Å². The average molecular weight is 460 g/mol. The van der Waals surface area contributed by atoms with Crippen molar-refractivity contribution < 1.29 is 9.47 Å². The van der Waals surface area contributed by atoms with E-state index in [4.69, 9.17) is 9.47 Å². The molecule has 0 atom stereocenters. The molecule has 1 aliphatic heterocycles. The van der Waals surface area contributed by atoms with E-state index >= 15 is 0 Å². The molecular weight excluding hydrogens is 435 g/mol. The van der Waals surface area contributed by atoms with Crippen LogP contribution in [0.2, 0.25) is 0 Å². The summed E-state index contributed by atoms with van der Waals surface area (Å²) in [5.74, 6) is 1.55. The van der Waals surface area contributed by atoms with Gasteiger partial charge in [-0.05, 0) is 12.1 Å². The van der Waals surface area contributed by atoms with E-state index < -0.39 is 0 Å². The van der Waals surface area contributed by atoms with Crippen molar-refractivity contribution in [3.8, 4) is 0 Å². The van der Waals surface area contributed by atoms with E-state index in [1.807, 2.05) is 28.8 Å². The van der Waals surface area contributed by atoms with E-state index in [-0.39, 0.29) is 29.6 Å². The maximum Gasteiger partial charge on any atom is 0.191 e. The van der Waals surface area contributed by atoms with Gasteiger partial charge in [-0.3, -0.25) is 9.39 Å². The monoisotopic (exact) mass is 460 g/mol. The SMILES string of the molecule is CN=C(NCc1nnc2ccccn12)NCC1(OC)CCOCC1.I. The molecule has 0 bridgehead atoms. The summed E-state index contributed by atoms with van der Waals surface area (Å²) in [6.07, 6.45) is 3.70. The summed E-state index contributed by atoms with van der Waals surface area (Å²) in [5, 5.41) is 15.0. The highest BCUT2D eigenvalue weighted by Gasteiger charge is 2.32. The number of aromatic nitrogens is 3. The summed E-state index contributed by atoms with van der Waals surface area (Å²) < 4.78 is 13.1. The van der Waals surface area contributed by atoms with Crippen molar-refractivity contribution in [2.24, 2.45) is 4.99 Å². The van der Waals surface area contributed by atoms with Crippen molar-refractivity contribution in [3.63, 3.8) is 0 Å². The van der Waals surface area contributed by atoms with E-state index in [0.29, 0.717) is 19.0 Å². The molecule has 0 spiro atoms. The molecule has 0 aliphatic carbocycles. The van der Waals surface area contributed by atoms with Gasteiger partial charge in [0.05, 0.1) is 12.1 Å². The molecule has 0 radical (unpaired) electrons. The molecule has 1 aliphatic rings. The number of pyridine rings is 1. The summed E-state index contributed by atoms with van der Waals surface area (Å²) >= 11 is 0. The van der Waals surface area contributed by atoms with E-state index in [1.165, 1.54) is 0 Å². The molecule has 0 aromatic carbocycles. The zero-order chi connectivity index (χ0) is 16.8. The zero-order valence-corrected chi connectivity index (χ0v) is 16.9. The van der Waals surface area contributed by atoms with Gasteiger partial charge in [-0.15, -0.1) is 34.2 Å². The highest BCUT2D eigenvalue weighted by Crippen LogP contribution is 2.23. The molecule has 1 fully saturated rings. The van der Waals surface area contributed by atoms with Gasteiger partial charge in [0.2, 0.25) is 0 Å². The Morgan fingerprint density at radius 1 is 1.32 bits per heavy atom. The van der Waals surface area contributed by atoms with Crippen LogP contribution in [0.4, 0.5) is 0 Å². The Kier molecular flexibility index (Phi) is 7.38. The van der Waals surface area contributed by atoms with Gasteiger partial charge in [0, 0.05) is 53.0 Å². The molecule has 0 amide bonds. The maximum atomic E-state index is 5.73. The molecule has 0 saturated carbocycles. The number of fused-ring (bicyclic) bond motifs is 1. The summed E-state index contributed by atoms with van der Waals surface area (Å²) in [7, 11) is 3.51. The Morgan fingerprint density at radius 2 is 2.12 bits per heavy atom. The number of guanidine groups is 1. The number of methoxy groups -OCH3 is 1. The van der Waals surface area contributed by atoms with Gasteiger partial charge in [0.15, 0.2) is 17.4 Å². The van der Waals surface area contributed by atoms with Gasteiger partial charge >= 0.3 is 0 Å². The second-order valence-corrected chi connectivity index (χ2v) is 5.82.